The zero-order valence-electron chi connectivity index (χ0n) is 15.1. The van der Waals surface area contributed by atoms with E-state index in [0.717, 1.165) is 30.2 Å². The number of anilines is 2. The van der Waals surface area contributed by atoms with Crippen molar-refractivity contribution in [1.82, 2.24) is 9.97 Å². The molecule has 1 unspecified atom stereocenters. The Hall–Kier alpha value is -2.88. The summed E-state index contributed by atoms with van der Waals surface area (Å²) in [5.74, 6) is 1.70. The van der Waals surface area contributed by atoms with Gasteiger partial charge in [0.2, 0.25) is 5.95 Å². The van der Waals surface area contributed by atoms with E-state index in [1.807, 2.05) is 24.3 Å². The van der Waals surface area contributed by atoms with E-state index in [4.69, 9.17) is 9.97 Å². The van der Waals surface area contributed by atoms with Crippen molar-refractivity contribution in [2.75, 3.05) is 23.3 Å². The molecule has 1 aliphatic heterocycles. The fraction of sp³-hybridized carbons (Fsp3) is 0.273. The molecule has 2 heterocycles. The number of nitrogens with one attached hydrogen (secondary N) is 1. The normalized spacial score (nSPS) is 15.0. The van der Waals surface area contributed by atoms with Gasteiger partial charge in [0, 0.05) is 24.7 Å². The fourth-order valence-electron chi connectivity index (χ4n) is 3.38. The number of aromatic nitrogens is 2. The van der Waals surface area contributed by atoms with Gasteiger partial charge in [-0.05, 0) is 25.3 Å². The van der Waals surface area contributed by atoms with E-state index in [1.165, 1.54) is 18.4 Å². The molecule has 1 fully saturated rings. The molecule has 26 heavy (non-hydrogen) atoms. The van der Waals surface area contributed by atoms with Gasteiger partial charge in [0.05, 0.1) is 11.7 Å². The van der Waals surface area contributed by atoms with Crippen molar-refractivity contribution in [3.8, 4) is 11.3 Å². The summed E-state index contributed by atoms with van der Waals surface area (Å²) in [4.78, 5) is 12.0. The number of hydrogen-bond acceptors (Lipinski definition) is 4. The highest BCUT2D eigenvalue weighted by Crippen LogP contribution is 2.27. The lowest BCUT2D eigenvalue weighted by molar-refractivity contribution is 0.853. The number of benzene rings is 2. The Morgan fingerprint density at radius 1 is 0.885 bits per heavy atom. The van der Waals surface area contributed by atoms with E-state index in [0.29, 0.717) is 5.95 Å². The summed E-state index contributed by atoms with van der Waals surface area (Å²) in [6, 6.07) is 23.0. The van der Waals surface area contributed by atoms with Crippen LogP contribution in [-0.2, 0) is 0 Å². The summed E-state index contributed by atoms with van der Waals surface area (Å²) < 4.78 is 0. The SMILES string of the molecule is CC(Nc1nc(-c2ccccc2)cc(N2CCCC2)n1)c1ccccc1. The zero-order valence-corrected chi connectivity index (χ0v) is 15.1. The van der Waals surface area contributed by atoms with Gasteiger partial charge in [0.1, 0.15) is 5.82 Å². The molecule has 1 aromatic heterocycles. The third-order valence-corrected chi connectivity index (χ3v) is 4.86. The van der Waals surface area contributed by atoms with E-state index >= 15 is 0 Å². The molecule has 4 heteroatoms. The van der Waals surface area contributed by atoms with Crippen LogP contribution in [0, 0.1) is 0 Å². The number of nitrogens with zero attached hydrogens (tertiary/aromatic N) is 3. The van der Waals surface area contributed by atoms with Gasteiger partial charge in [-0.1, -0.05) is 60.7 Å². The Morgan fingerprint density at radius 3 is 2.23 bits per heavy atom. The molecule has 0 radical (unpaired) electrons. The van der Waals surface area contributed by atoms with Crippen molar-refractivity contribution in [1.29, 1.82) is 0 Å². The maximum atomic E-state index is 4.81. The van der Waals surface area contributed by atoms with Crippen LogP contribution in [0.15, 0.2) is 66.7 Å². The molecule has 0 amide bonds. The first kappa shape index (κ1) is 16.6. The van der Waals surface area contributed by atoms with Gasteiger partial charge < -0.3 is 10.2 Å². The van der Waals surface area contributed by atoms with Gasteiger partial charge in [-0.2, -0.15) is 4.98 Å². The van der Waals surface area contributed by atoms with E-state index in [-0.39, 0.29) is 6.04 Å². The Kier molecular flexibility index (Phi) is 4.82. The van der Waals surface area contributed by atoms with Crippen LogP contribution in [0.4, 0.5) is 11.8 Å². The van der Waals surface area contributed by atoms with E-state index in [9.17, 15) is 0 Å². The van der Waals surface area contributed by atoms with Gasteiger partial charge in [-0.15, -0.1) is 0 Å². The first-order valence-electron chi connectivity index (χ1n) is 9.30. The molecule has 0 bridgehead atoms. The molecule has 132 valence electrons. The lowest BCUT2D eigenvalue weighted by Crippen LogP contribution is -2.20. The quantitative estimate of drug-likeness (QED) is 0.713. The first-order chi connectivity index (χ1) is 12.8. The smallest absolute Gasteiger partial charge is 0.225 e. The fourth-order valence-corrected chi connectivity index (χ4v) is 3.38. The molecular formula is C22H24N4. The third-order valence-electron chi connectivity index (χ3n) is 4.86. The lowest BCUT2D eigenvalue weighted by Gasteiger charge is -2.20. The van der Waals surface area contributed by atoms with Crippen LogP contribution in [0.25, 0.3) is 11.3 Å². The molecule has 0 spiro atoms. The number of rotatable bonds is 5. The molecule has 1 aliphatic rings. The van der Waals surface area contributed by atoms with Crippen molar-refractivity contribution in [2.24, 2.45) is 0 Å². The average molecular weight is 344 g/mol. The van der Waals surface area contributed by atoms with Crippen molar-refractivity contribution in [2.45, 2.75) is 25.8 Å². The predicted molar refractivity (Wildman–Crippen MR) is 107 cm³/mol. The lowest BCUT2D eigenvalue weighted by atomic mass is 10.1. The van der Waals surface area contributed by atoms with Crippen molar-refractivity contribution in [3.05, 3.63) is 72.3 Å². The minimum Gasteiger partial charge on any atom is -0.356 e. The van der Waals surface area contributed by atoms with Gasteiger partial charge in [0.15, 0.2) is 0 Å². The Bertz CT molecular complexity index is 843. The molecule has 1 saturated heterocycles. The van der Waals surface area contributed by atoms with Gasteiger partial charge in [-0.3, -0.25) is 0 Å². The van der Waals surface area contributed by atoms with E-state index in [2.05, 4.69) is 59.6 Å². The van der Waals surface area contributed by atoms with E-state index < -0.39 is 0 Å². The second-order valence-electron chi connectivity index (χ2n) is 6.77. The van der Waals surface area contributed by atoms with Crippen molar-refractivity contribution < 1.29 is 0 Å². The molecular weight excluding hydrogens is 320 g/mol. The molecule has 3 aromatic rings. The molecule has 2 aromatic carbocycles. The summed E-state index contributed by atoms with van der Waals surface area (Å²) in [7, 11) is 0. The summed E-state index contributed by atoms with van der Waals surface area (Å²) in [6.07, 6.45) is 2.46. The number of hydrogen-bond donors (Lipinski definition) is 1. The third kappa shape index (κ3) is 3.69. The largest absolute Gasteiger partial charge is 0.356 e. The Morgan fingerprint density at radius 2 is 1.54 bits per heavy atom. The highest BCUT2D eigenvalue weighted by molar-refractivity contribution is 5.65. The van der Waals surface area contributed by atoms with Gasteiger partial charge in [0.25, 0.3) is 0 Å². The van der Waals surface area contributed by atoms with Crippen LogP contribution in [-0.4, -0.2) is 23.1 Å². The maximum absolute atomic E-state index is 4.81. The first-order valence-corrected chi connectivity index (χ1v) is 9.30. The second-order valence-corrected chi connectivity index (χ2v) is 6.77. The van der Waals surface area contributed by atoms with E-state index in [1.54, 1.807) is 0 Å². The Labute approximate surface area is 154 Å². The molecule has 0 saturated carbocycles. The van der Waals surface area contributed by atoms with Crippen LogP contribution in [0.1, 0.15) is 31.4 Å². The average Bonchev–Trinajstić information content (AvgIpc) is 3.24. The van der Waals surface area contributed by atoms with Crippen LogP contribution < -0.4 is 10.2 Å². The molecule has 1 N–H and O–H groups in total. The standard InChI is InChI=1S/C22H24N4/c1-17(18-10-4-2-5-11-18)23-22-24-20(19-12-6-3-7-13-19)16-21(25-22)26-14-8-9-15-26/h2-7,10-13,16-17H,8-9,14-15H2,1H3,(H,23,24,25). The molecule has 1 atom stereocenters. The van der Waals surface area contributed by atoms with Crippen LogP contribution in [0.3, 0.4) is 0 Å². The molecule has 4 rings (SSSR count). The zero-order chi connectivity index (χ0) is 17.8. The minimum absolute atomic E-state index is 0.147. The second kappa shape index (κ2) is 7.56. The maximum Gasteiger partial charge on any atom is 0.225 e. The highest BCUT2D eigenvalue weighted by atomic mass is 15.2. The summed E-state index contributed by atoms with van der Waals surface area (Å²) in [5, 5.41) is 3.48. The Balaban J connectivity index is 1.67. The monoisotopic (exact) mass is 344 g/mol. The van der Waals surface area contributed by atoms with Crippen LogP contribution >= 0.6 is 0 Å². The summed E-state index contributed by atoms with van der Waals surface area (Å²) in [6.45, 7) is 4.28. The van der Waals surface area contributed by atoms with Crippen LogP contribution in [0.5, 0.6) is 0 Å². The minimum atomic E-state index is 0.147. The summed E-state index contributed by atoms with van der Waals surface area (Å²) in [5.41, 5.74) is 3.31. The molecule has 4 nitrogen and oxygen atoms in total. The van der Waals surface area contributed by atoms with Crippen LogP contribution in [0.2, 0.25) is 0 Å². The van der Waals surface area contributed by atoms with Gasteiger partial charge >= 0.3 is 0 Å². The van der Waals surface area contributed by atoms with Crippen molar-refractivity contribution in [3.63, 3.8) is 0 Å². The van der Waals surface area contributed by atoms with Gasteiger partial charge in [-0.25, -0.2) is 4.98 Å². The summed E-state index contributed by atoms with van der Waals surface area (Å²) >= 11 is 0. The highest BCUT2D eigenvalue weighted by Gasteiger charge is 2.17. The molecule has 0 aliphatic carbocycles. The predicted octanol–water partition coefficient (Wildman–Crippen LogP) is 4.92. The van der Waals surface area contributed by atoms with Crippen molar-refractivity contribution >= 4 is 11.8 Å². The topological polar surface area (TPSA) is 41.1 Å².